The van der Waals surface area contributed by atoms with Crippen molar-refractivity contribution >= 4 is 5.91 Å². The van der Waals surface area contributed by atoms with Crippen LogP contribution in [0.2, 0.25) is 0 Å². The highest BCUT2D eigenvalue weighted by molar-refractivity contribution is 5.94. The van der Waals surface area contributed by atoms with Crippen LogP contribution in [0.5, 0.6) is 0 Å². The second-order valence-electron chi connectivity index (χ2n) is 7.68. The van der Waals surface area contributed by atoms with E-state index in [4.69, 9.17) is 0 Å². The highest BCUT2D eigenvalue weighted by Gasteiger charge is 2.29. The van der Waals surface area contributed by atoms with Crippen LogP contribution in [0.4, 0.5) is 0 Å². The number of hydrogen-bond acceptors (Lipinski definition) is 3. The van der Waals surface area contributed by atoms with Gasteiger partial charge in [-0.2, -0.15) is 10.2 Å². The van der Waals surface area contributed by atoms with Crippen LogP contribution in [-0.4, -0.2) is 36.8 Å². The number of hydrogen-bond donors (Lipinski definition) is 1. The lowest BCUT2D eigenvalue weighted by atomic mass is 9.87. The summed E-state index contributed by atoms with van der Waals surface area (Å²) < 4.78 is 1.88. The van der Waals surface area contributed by atoms with Gasteiger partial charge in [0.2, 0.25) is 0 Å². The standard InChI is InChI=1S/C19H29N5O/c1-11(2)24(10-16-13(4)22-23(6)14(16)5)19(25)18-15-9-12(3)7-8-17(15)20-21-18/h11-12H,7-10H2,1-6H3,(H,20,21)/t12-/m0/s1. The lowest BCUT2D eigenvalue weighted by Crippen LogP contribution is -2.37. The van der Waals surface area contributed by atoms with Crippen LogP contribution in [0.15, 0.2) is 0 Å². The number of H-pyrrole nitrogens is 1. The van der Waals surface area contributed by atoms with Crippen molar-refractivity contribution < 1.29 is 4.79 Å². The van der Waals surface area contributed by atoms with Crippen molar-refractivity contribution in [3.05, 3.63) is 33.9 Å². The van der Waals surface area contributed by atoms with Gasteiger partial charge in [0, 0.05) is 42.1 Å². The van der Waals surface area contributed by atoms with Gasteiger partial charge < -0.3 is 4.90 Å². The summed E-state index contributed by atoms with van der Waals surface area (Å²) in [6.45, 7) is 11.0. The third kappa shape index (κ3) is 3.22. The third-order valence-electron chi connectivity index (χ3n) is 5.47. The minimum absolute atomic E-state index is 0.0178. The Kier molecular flexibility index (Phi) is 4.71. The minimum atomic E-state index is 0.0178. The highest BCUT2D eigenvalue weighted by atomic mass is 16.2. The van der Waals surface area contributed by atoms with E-state index in [9.17, 15) is 4.79 Å². The van der Waals surface area contributed by atoms with E-state index in [1.54, 1.807) is 0 Å². The summed E-state index contributed by atoms with van der Waals surface area (Å²) in [6, 6.07) is 0.0971. The van der Waals surface area contributed by atoms with Crippen LogP contribution in [0.1, 0.15) is 65.9 Å². The fourth-order valence-electron chi connectivity index (χ4n) is 3.69. The number of amides is 1. The summed E-state index contributed by atoms with van der Waals surface area (Å²) in [7, 11) is 1.94. The highest BCUT2D eigenvalue weighted by Crippen LogP contribution is 2.28. The average Bonchev–Trinajstić information content (AvgIpc) is 3.06. The summed E-state index contributed by atoms with van der Waals surface area (Å²) in [5.41, 5.74) is 6.08. The van der Waals surface area contributed by atoms with Crippen LogP contribution in [-0.2, 0) is 26.4 Å². The summed E-state index contributed by atoms with van der Waals surface area (Å²) in [5.74, 6) is 0.621. The molecule has 1 amide bonds. The number of nitrogens with zero attached hydrogens (tertiary/aromatic N) is 4. The van der Waals surface area contributed by atoms with Crippen LogP contribution in [0.3, 0.4) is 0 Å². The van der Waals surface area contributed by atoms with E-state index in [-0.39, 0.29) is 11.9 Å². The first kappa shape index (κ1) is 17.7. The summed E-state index contributed by atoms with van der Waals surface area (Å²) in [5, 5.41) is 12.0. The number of rotatable bonds is 4. The molecule has 0 aliphatic heterocycles. The zero-order valence-corrected chi connectivity index (χ0v) is 16.2. The molecule has 0 spiro atoms. The van der Waals surface area contributed by atoms with E-state index in [0.29, 0.717) is 18.2 Å². The molecule has 0 saturated heterocycles. The van der Waals surface area contributed by atoms with Crippen molar-refractivity contribution in [1.82, 2.24) is 24.9 Å². The smallest absolute Gasteiger partial charge is 0.275 e. The molecule has 0 radical (unpaired) electrons. The van der Waals surface area contributed by atoms with Crippen LogP contribution < -0.4 is 0 Å². The van der Waals surface area contributed by atoms with Crippen molar-refractivity contribution in [1.29, 1.82) is 0 Å². The summed E-state index contributed by atoms with van der Waals surface area (Å²) in [6.07, 6.45) is 3.08. The predicted molar refractivity (Wildman–Crippen MR) is 97.5 cm³/mol. The van der Waals surface area contributed by atoms with Gasteiger partial charge in [-0.3, -0.25) is 14.6 Å². The Labute approximate surface area is 149 Å². The molecule has 0 unspecified atom stereocenters. The van der Waals surface area contributed by atoms with Gasteiger partial charge >= 0.3 is 0 Å². The van der Waals surface area contributed by atoms with Gasteiger partial charge in [-0.15, -0.1) is 0 Å². The van der Waals surface area contributed by atoms with Crippen LogP contribution in [0.25, 0.3) is 0 Å². The summed E-state index contributed by atoms with van der Waals surface area (Å²) in [4.78, 5) is 15.2. The molecule has 6 heteroatoms. The van der Waals surface area contributed by atoms with E-state index in [2.05, 4.69) is 43.0 Å². The first-order chi connectivity index (χ1) is 11.8. The molecule has 2 aromatic rings. The Balaban J connectivity index is 1.91. The van der Waals surface area contributed by atoms with Crippen LogP contribution >= 0.6 is 0 Å². The molecular weight excluding hydrogens is 314 g/mol. The number of carbonyl (C=O) groups excluding carboxylic acids is 1. The van der Waals surface area contributed by atoms with Crippen molar-refractivity contribution in [2.45, 2.75) is 66.5 Å². The maximum atomic E-state index is 13.3. The molecular formula is C19H29N5O. The zero-order chi connectivity index (χ0) is 18.3. The molecule has 0 fully saturated rings. The van der Waals surface area contributed by atoms with Crippen molar-refractivity contribution in [2.75, 3.05) is 0 Å². The monoisotopic (exact) mass is 343 g/mol. The summed E-state index contributed by atoms with van der Waals surface area (Å²) >= 11 is 0. The van der Waals surface area contributed by atoms with Crippen molar-refractivity contribution in [3.63, 3.8) is 0 Å². The van der Waals surface area contributed by atoms with E-state index in [1.165, 1.54) is 0 Å². The van der Waals surface area contributed by atoms with Crippen molar-refractivity contribution in [2.24, 2.45) is 13.0 Å². The minimum Gasteiger partial charge on any atom is -0.330 e. The quantitative estimate of drug-likeness (QED) is 0.928. The normalized spacial score (nSPS) is 17.0. The molecule has 136 valence electrons. The van der Waals surface area contributed by atoms with E-state index >= 15 is 0 Å². The van der Waals surface area contributed by atoms with Gasteiger partial charge in [0.05, 0.1) is 5.69 Å². The average molecular weight is 343 g/mol. The first-order valence-electron chi connectivity index (χ1n) is 9.15. The zero-order valence-electron chi connectivity index (χ0n) is 16.2. The molecule has 1 atom stereocenters. The molecule has 0 saturated carbocycles. The molecule has 3 rings (SSSR count). The van der Waals surface area contributed by atoms with Gasteiger partial charge in [-0.1, -0.05) is 6.92 Å². The van der Waals surface area contributed by atoms with Crippen molar-refractivity contribution in [3.8, 4) is 0 Å². The lowest BCUT2D eigenvalue weighted by molar-refractivity contribution is 0.0682. The third-order valence-corrected chi connectivity index (χ3v) is 5.47. The van der Waals surface area contributed by atoms with Gasteiger partial charge in [0.1, 0.15) is 0 Å². The number of carbonyl (C=O) groups is 1. The maximum absolute atomic E-state index is 13.3. The van der Waals surface area contributed by atoms with Gasteiger partial charge in [-0.05, 0) is 52.9 Å². The molecule has 0 bridgehead atoms. The molecule has 2 heterocycles. The SMILES string of the molecule is Cc1nn(C)c(C)c1CN(C(=O)c1n[nH]c2c1C[C@@H](C)CC2)C(C)C. The van der Waals surface area contributed by atoms with E-state index in [1.807, 2.05) is 23.6 Å². The maximum Gasteiger partial charge on any atom is 0.275 e. The van der Waals surface area contributed by atoms with Gasteiger partial charge in [-0.25, -0.2) is 0 Å². The number of aryl methyl sites for hydroxylation is 3. The Morgan fingerprint density at radius 2 is 2.12 bits per heavy atom. The predicted octanol–water partition coefficient (Wildman–Crippen LogP) is 2.94. The lowest BCUT2D eigenvalue weighted by Gasteiger charge is -2.27. The van der Waals surface area contributed by atoms with E-state index in [0.717, 1.165) is 47.5 Å². The largest absolute Gasteiger partial charge is 0.330 e. The van der Waals surface area contributed by atoms with Gasteiger partial charge in [0.15, 0.2) is 5.69 Å². The molecule has 1 N–H and O–H groups in total. The Morgan fingerprint density at radius 3 is 2.72 bits per heavy atom. The fourth-order valence-corrected chi connectivity index (χ4v) is 3.69. The van der Waals surface area contributed by atoms with Crippen LogP contribution in [0, 0.1) is 19.8 Å². The number of aromatic nitrogens is 4. The van der Waals surface area contributed by atoms with Gasteiger partial charge in [0.25, 0.3) is 5.91 Å². The fraction of sp³-hybridized carbons (Fsp3) is 0.632. The topological polar surface area (TPSA) is 66.8 Å². The Bertz CT molecular complexity index is 786. The Hall–Kier alpha value is -2.11. The molecule has 2 aromatic heterocycles. The van der Waals surface area contributed by atoms with E-state index < -0.39 is 0 Å². The molecule has 25 heavy (non-hydrogen) atoms. The number of nitrogens with one attached hydrogen (secondary N) is 1. The second-order valence-corrected chi connectivity index (χ2v) is 7.68. The molecule has 1 aliphatic carbocycles. The molecule has 6 nitrogen and oxygen atoms in total. The first-order valence-corrected chi connectivity index (χ1v) is 9.15. The molecule has 0 aromatic carbocycles. The second kappa shape index (κ2) is 6.65. The number of aromatic amines is 1. The molecule has 1 aliphatic rings. The number of fused-ring (bicyclic) bond motifs is 1. The Morgan fingerprint density at radius 1 is 1.40 bits per heavy atom.